The fraction of sp³-hybridized carbons (Fsp3) is 0.280. The van der Waals surface area contributed by atoms with Crippen molar-refractivity contribution in [2.24, 2.45) is 0 Å². The van der Waals surface area contributed by atoms with Crippen molar-refractivity contribution in [2.75, 3.05) is 20.1 Å². The summed E-state index contributed by atoms with van der Waals surface area (Å²) in [6, 6.07) is 11.8. The van der Waals surface area contributed by atoms with Gasteiger partial charge < -0.3 is 24.6 Å². The molecule has 0 fully saturated rings. The minimum Gasteiger partial charge on any atom is -0.478 e. The summed E-state index contributed by atoms with van der Waals surface area (Å²) in [6.45, 7) is 4.55. The highest BCUT2D eigenvalue weighted by Crippen LogP contribution is 2.46. The molecule has 0 bridgehead atoms. The number of aliphatic carboxylic acids is 2. The summed E-state index contributed by atoms with van der Waals surface area (Å²) in [5, 5.41) is 15.6. The van der Waals surface area contributed by atoms with Gasteiger partial charge in [-0.1, -0.05) is 30.0 Å². The highest BCUT2D eigenvalue weighted by atomic mass is 32.2. The molecule has 1 aliphatic heterocycles. The topological polar surface area (TPSA) is 130 Å². The monoisotopic (exact) mass is 501 g/mol. The van der Waals surface area contributed by atoms with Gasteiger partial charge in [-0.05, 0) is 49.2 Å². The smallest absolute Gasteiger partial charge is 0.328 e. The number of likely N-dealkylation sites (N-methyl/N-ethyl adjacent to an activating group) is 1. The number of carboxylic acids is 2. The summed E-state index contributed by atoms with van der Waals surface area (Å²) < 4.78 is 10.9. The third-order valence-electron chi connectivity index (χ3n) is 4.73. The molecular formula is C25H27NO8S. The van der Waals surface area contributed by atoms with Crippen LogP contribution in [-0.2, 0) is 32.0 Å². The summed E-state index contributed by atoms with van der Waals surface area (Å²) in [5.74, 6) is -2.76. The second-order valence-electron chi connectivity index (χ2n) is 7.59. The second kappa shape index (κ2) is 13.3. The zero-order chi connectivity index (χ0) is 26.0. The summed E-state index contributed by atoms with van der Waals surface area (Å²) >= 11 is 1.54. The zero-order valence-corrected chi connectivity index (χ0v) is 20.5. The Morgan fingerprint density at radius 2 is 1.49 bits per heavy atom. The molecule has 2 N–H and O–H groups in total. The molecule has 1 aliphatic rings. The Balaban J connectivity index is 0.000000466. The lowest BCUT2D eigenvalue weighted by molar-refractivity contribution is -0.134. The van der Waals surface area contributed by atoms with E-state index in [-0.39, 0.29) is 0 Å². The van der Waals surface area contributed by atoms with Gasteiger partial charge in [-0.25, -0.2) is 9.59 Å². The van der Waals surface area contributed by atoms with Crippen LogP contribution in [-0.4, -0.2) is 59.1 Å². The Hall–Kier alpha value is -3.63. The third-order valence-corrected chi connectivity index (χ3v) is 5.88. The van der Waals surface area contributed by atoms with Crippen LogP contribution in [0.4, 0.5) is 0 Å². The number of hydrogen-bond donors (Lipinski definition) is 2. The van der Waals surface area contributed by atoms with E-state index in [1.165, 1.54) is 25.6 Å². The van der Waals surface area contributed by atoms with Gasteiger partial charge in [-0.2, -0.15) is 0 Å². The summed E-state index contributed by atoms with van der Waals surface area (Å²) in [7, 11) is 2.09. The van der Waals surface area contributed by atoms with Crippen molar-refractivity contribution in [2.45, 2.75) is 36.5 Å². The molecule has 0 spiro atoms. The molecule has 0 aliphatic carbocycles. The van der Waals surface area contributed by atoms with Gasteiger partial charge in [0.15, 0.2) is 11.5 Å². The van der Waals surface area contributed by atoms with E-state index in [1.54, 1.807) is 0 Å². The number of nitrogens with zero attached hydrogens (tertiary/aromatic N) is 1. The molecule has 2 aromatic carbocycles. The van der Waals surface area contributed by atoms with Gasteiger partial charge in [-0.3, -0.25) is 9.59 Å². The summed E-state index contributed by atoms with van der Waals surface area (Å²) in [6.07, 6.45) is 2.81. The first kappa shape index (κ1) is 27.6. The van der Waals surface area contributed by atoms with Gasteiger partial charge in [0, 0.05) is 44.0 Å². The molecule has 2 aromatic rings. The normalized spacial score (nSPS) is 13.1. The molecule has 35 heavy (non-hydrogen) atoms. The number of carboxylic acid groups (broad SMARTS) is 2. The minimum atomic E-state index is -1.26. The molecule has 0 radical (unpaired) electrons. The van der Waals surface area contributed by atoms with Gasteiger partial charge in [0.1, 0.15) is 0 Å². The molecule has 0 amide bonds. The predicted octanol–water partition coefficient (Wildman–Crippen LogP) is 3.43. The van der Waals surface area contributed by atoms with Crippen molar-refractivity contribution in [3.05, 3.63) is 59.7 Å². The van der Waals surface area contributed by atoms with Gasteiger partial charge >= 0.3 is 23.9 Å². The Kier molecular flexibility index (Phi) is 10.5. The van der Waals surface area contributed by atoms with E-state index >= 15 is 0 Å². The number of fused-ring (bicyclic) bond motifs is 1. The Labute approximate surface area is 207 Å². The van der Waals surface area contributed by atoms with E-state index in [2.05, 4.69) is 11.9 Å². The number of benzene rings is 2. The lowest BCUT2D eigenvalue weighted by Crippen LogP contribution is -2.20. The fourth-order valence-corrected chi connectivity index (χ4v) is 4.38. The number of carbonyl (C=O) groups is 4. The van der Waals surface area contributed by atoms with E-state index in [1.807, 2.05) is 36.4 Å². The van der Waals surface area contributed by atoms with Crippen LogP contribution in [0.1, 0.15) is 25.0 Å². The maximum Gasteiger partial charge on any atom is 0.328 e. The fourth-order valence-electron chi connectivity index (χ4n) is 3.26. The third kappa shape index (κ3) is 9.26. The van der Waals surface area contributed by atoms with Crippen molar-refractivity contribution in [3.63, 3.8) is 0 Å². The van der Waals surface area contributed by atoms with Gasteiger partial charge in [-0.15, -0.1) is 0 Å². The predicted molar refractivity (Wildman–Crippen MR) is 129 cm³/mol. The Morgan fingerprint density at radius 3 is 2.03 bits per heavy atom. The molecule has 0 saturated heterocycles. The SMILES string of the molecule is CC(=O)Oc1cc2c(c(Sc3ccccc3)c1OC(C)=O)CCN(C)CC2.O=C(O)C=CC(=O)O. The minimum absolute atomic E-state index is 0.305. The van der Waals surface area contributed by atoms with E-state index in [4.69, 9.17) is 19.7 Å². The van der Waals surface area contributed by atoms with E-state index in [9.17, 15) is 19.2 Å². The summed E-state index contributed by atoms with van der Waals surface area (Å²) in [4.78, 5) is 46.7. The molecule has 9 nitrogen and oxygen atoms in total. The number of esters is 2. The average Bonchev–Trinajstić information content (AvgIpc) is 2.96. The van der Waals surface area contributed by atoms with E-state index in [0.29, 0.717) is 23.7 Å². The molecule has 186 valence electrons. The highest BCUT2D eigenvalue weighted by molar-refractivity contribution is 7.99. The molecular weight excluding hydrogens is 474 g/mol. The van der Waals surface area contributed by atoms with Crippen LogP contribution in [0.2, 0.25) is 0 Å². The van der Waals surface area contributed by atoms with Crippen LogP contribution in [0, 0.1) is 0 Å². The molecule has 0 unspecified atom stereocenters. The molecule has 1 heterocycles. The largest absolute Gasteiger partial charge is 0.478 e. The number of hydrogen-bond acceptors (Lipinski definition) is 8. The molecule has 0 aromatic heterocycles. The van der Waals surface area contributed by atoms with Gasteiger partial charge in [0.05, 0.1) is 4.90 Å². The van der Waals surface area contributed by atoms with Crippen LogP contribution in [0.3, 0.4) is 0 Å². The van der Waals surface area contributed by atoms with Crippen molar-refractivity contribution >= 4 is 35.6 Å². The first-order chi connectivity index (χ1) is 16.6. The number of carbonyl (C=O) groups excluding carboxylic acids is 2. The zero-order valence-electron chi connectivity index (χ0n) is 19.6. The Bertz CT molecular complexity index is 1100. The molecule has 0 saturated carbocycles. The van der Waals surface area contributed by atoms with Crippen LogP contribution < -0.4 is 9.47 Å². The number of ether oxygens (including phenoxy) is 2. The second-order valence-corrected chi connectivity index (χ2v) is 8.67. The highest BCUT2D eigenvalue weighted by Gasteiger charge is 2.25. The lowest BCUT2D eigenvalue weighted by atomic mass is 10.0. The quantitative estimate of drug-likeness (QED) is 0.345. The van der Waals surface area contributed by atoms with E-state index in [0.717, 1.165) is 46.8 Å². The first-order valence-electron chi connectivity index (χ1n) is 10.7. The lowest BCUT2D eigenvalue weighted by Gasteiger charge is -2.19. The maximum absolute atomic E-state index is 11.8. The average molecular weight is 502 g/mol. The summed E-state index contributed by atoms with van der Waals surface area (Å²) in [5.41, 5.74) is 2.28. The Morgan fingerprint density at radius 1 is 0.914 bits per heavy atom. The molecule has 3 rings (SSSR count). The van der Waals surface area contributed by atoms with Gasteiger partial charge in [0.2, 0.25) is 0 Å². The van der Waals surface area contributed by atoms with Crippen LogP contribution in [0.15, 0.2) is 58.3 Å². The molecule has 10 heteroatoms. The van der Waals surface area contributed by atoms with Crippen LogP contribution in [0.25, 0.3) is 0 Å². The first-order valence-corrected chi connectivity index (χ1v) is 11.5. The van der Waals surface area contributed by atoms with Crippen LogP contribution >= 0.6 is 11.8 Å². The van der Waals surface area contributed by atoms with Crippen molar-refractivity contribution in [1.29, 1.82) is 0 Å². The number of rotatable bonds is 6. The standard InChI is InChI=1S/C21H23NO4S.C4H4O4/c1-14(23)25-19-13-16-9-11-22(3)12-10-18(16)21(20(19)26-15(2)24)27-17-7-5-4-6-8-17;5-3(6)1-2-4(7)8/h4-8,13H,9-12H2,1-3H3;1-2H,(H,5,6)(H,7,8). The molecule has 0 atom stereocenters. The van der Waals surface area contributed by atoms with E-state index < -0.39 is 23.9 Å². The van der Waals surface area contributed by atoms with Gasteiger partial charge in [0.25, 0.3) is 0 Å². The van der Waals surface area contributed by atoms with Crippen molar-refractivity contribution in [1.82, 2.24) is 4.90 Å². The van der Waals surface area contributed by atoms with Crippen molar-refractivity contribution in [3.8, 4) is 11.5 Å². The van der Waals surface area contributed by atoms with Crippen molar-refractivity contribution < 1.29 is 38.9 Å². The van der Waals surface area contributed by atoms with Crippen LogP contribution in [0.5, 0.6) is 11.5 Å². The maximum atomic E-state index is 11.8.